The first-order valence-electron chi connectivity index (χ1n) is 7.17. The maximum absolute atomic E-state index is 13.6. The summed E-state index contributed by atoms with van der Waals surface area (Å²) < 4.78 is 28.9. The van der Waals surface area contributed by atoms with Crippen LogP contribution < -0.4 is 5.73 Å². The molecule has 0 bridgehead atoms. The van der Waals surface area contributed by atoms with Crippen molar-refractivity contribution in [3.05, 3.63) is 48.2 Å². The molecule has 0 radical (unpaired) electrons. The fourth-order valence-corrected chi connectivity index (χ4v) is 2.45. The zero-order chi connectivity index (χ0) is 15.5. The van der Waals surface area contributed by atoms with Gasteiger partial charge in [-0.1, -0.05) is 6.07 Å². The third-order valence-corrected chi connectivity index (χ3v) is 3.52. The highest BCUT2D eigenvalue weighted by molar-refractivity contribution is 5.80. The number of aryl methyl sites for hydroxylation is 1. The molecule has 2 aromatic heterocycles. The summed E-state index contributed by atoms with van der Waals surface area (Å²) in [6, 6.07) is 7.80. The molecule has 6 heteroatoms. The van der Waals surface area contributed by atoms with Crippen LogP contribution in [0.25, 0.3) is 22.6 Å². The van der Waals surface area contributed by atoms with Crippen molar-refractivity contribution in [2.45, 2.75) is 19.4 Å². The van der Waals surface area contributed by atoms with E-state index in [1.54, 1.807) is 6.20 Å². The molecule has 0 spiro atoms. The predicted molar refractivity (Wildman–Crippen MR) is 81.2 cm³/mol. The van der Waals surface area contributed by atoms with Gasteiger partial charge in [0.1, 0.15) is 5.69 Å². The van der Waals surface area contributed by atoms with Gasteiger partial charge >= 0.3 is 0 Å². The molecule has 114 valence electrons. The Bertz CT molecular complexity index is 784. The fraction of sp³-hybridized carbons (Fsp3) is 0.250. The largest absolute Gasteiger partial charge is 0.330 e. The molecule has 0 saturated heterocycles. The van der Waals surface area contributed by atoms with Gasteiger partial charge < -0.3 is 10.3 Å². The van der Waals surface area contributed by atoms with Crippen LogP contribution in [0.15, 0.2) is 36.5 Å². The Morgan fingerprint density at radius 1 is 1.09 bits per heavy atom. The Labute approximate surface area is 126 Å². The van der Waals surface area contributed by atoms with Crippen LogP contribution in [0.5, 0.6) is 0 Å². The first kappa shape index (κ1) is 14.6. The van der Waals surface area contributed by atoms with Crippen molar-refractivity contribution in [2.75, 3.05) is 6.54 Å². The summed E-state index contributed by atoms with van der Waals surface area (Å²) in [6.07, 6.45) is 3.35. The van der Waals surface area contributed by atoms with Gasteiger partial charge in [-0.05, 0) is 31.5 Å². The van der Waals surface area contributed by atoms with Crippen molar-refractivity contribution >= 4 is 11.0 Å². The van der Waals surface area contributed by atoms with E-state index in [0.29, 0.717) is 35.6 Å². The quantitative estimate of drug-likeness (QED) is 0.737. The number of rotatable bonds is 5. The van der Waals surface area contributed by atoms with E-state index in [1.807, 2.05) is 22.8 Å². The molecule has 0 amide bonds. The number of pyridine rings is 1. The summed E-state index contributed by atoms with van der Waals surface area (Å²) in [5.74, 6) is -1.16. The topological polar surface area (TPSA) is 56.7 Å². The minimum Gasteiger partial charge on any atom is -0.330 e. The van der Waals surface area contributed by atoms with Crippen molar-refractivity contribution in [1.82, 2.24) is 14.5 Å². The van der Waals surface area contributed by atoms with E-state index in [4.69, 9.17) is 5.73 Å². The summed E-state index contributed by atoms with van der Waals surface area (Å²) in [7, 11) is 0. The zero-order valence-electron chi connectivity index (χ0n) is 12.0. The monoisotopic (exact) mass is 302 g/mol. The standard InChI is InChI=1S/C16H16F2N4/c17-11-9-14-15(10-12(11)18)22(8-4-2-6-19)16(21-14)13-5-1-3-7-20-13/h1,3,5,7,9-10H,2,4,6,8,19H2. The molecule has 0 saturated carbocycles. The SMILES string of the molecule is NCCCCn1c(-c2ccccn2)nc2cc(F)c(F)cc21. The average Bonchev–Trinajstić information content (AvgIpc) is 2.87. The molecule has 3 aromatic rings. The third kappa shape index (κ3) is 2.69. The minimum absolute atomic E-state index is 0.423. The molecule has 2 heterocycles. The molecular formula is C16H16F2N4. The predicted octanol–water partition coefficient (Wildman–Crippen LogP) is 3.12. The Hall–Kier alpha value is -2.34. The van der Waals surface area contributed by atoms with E-state index in [1.165, 1.54) is 6.07 Å². The van der Waals surface area contributed by atoms with E-state index >= 15 is 0 Å². The second kappa shape index (κ2) is 6.19. The Morgan fingerprint density at radius 3 is 2.64 bits per heavy atom. The Morgan fingerprint density at radius 2 is 1.91 bits per heavy atom. The van der Waals surface area contributed by atoms with Crippen molar-refractivity contribution < 1.29 is 8.78 Å². The molecule has 22 heavy (non-hydrogen) atoms. The molecule has 1 aromatic carbocycles. The zero-order valence-corrected chi connectivity index (χ0v) is 12.0. The molecule has 4 nitrogen and oxygen atoms in total. The van der Waals surface area contributed by atoms with Crippen LogP contribution in [0, 0.1) is 11.6 Å². The number of nitrogens with zero attached hydrogens (tertiary/aromatic N) is 3. The average molecular weight is 302 g/mol. The number of fused-ring (bicyclic) bond motifs is 1. The van der Waals surface area contributed by atoms with Gasteiger partial charge in [-0.3, -0.25) is 4.98 Å². The van der Waals surface area contributed by atoms with E-state index < -0.39 is 11.6 Å². The lowest BCUT2D eigenvalue weighted by Crippen LogP contribution is -2.05. The van der Waals surface area contributed by atoms with Gasteiger partial charge in [-0.15, -0.1) is 0 Å². The second-order valence-corrected chi connectivity index (χ2v) is 5.05. The second-order valence-electron chi connectivity index (χ2n) is 5.05. The van der Waals surface area contributed by atoms with Crippen LogP contribution in [0.1, 0.15) is 12.8 Å². The van der Waals surface area contributed by atoms with Crippen LogP contribution in [0.4, 0.5) is 8.78 Å². The summed E-state index contributed by atoms with van der Waals surface area (Å²) >= 11 is 0. The molecule has 3 rings (SSSR count). The Kier molecular flexibility index (Phi) is 4.11. The summed E-state index contributed by atoms with van der Waals surface area (Å²) in [6.45, 7) is 1.22. The molecule has 0 aliphatic carbocycles. The van der Waals surface area contributed by atoms with E-state index in [-0.39, 0.29) is 0 Å². The van der Waals surface area contributed by atoms with Crippen LogP contribution >= 0.6 is 0 Å². The van der Waals surface area contributed by atoms with Gasteiger partial charge in [0, 0.05) is 24.9 Å². The molecule has 0 unspecified atom stereocenters. The fourth-order valence-electron chi connectivity index (χ4n) is 2.45. The molecule has 0 atom stereocenters. The lowest BCUT2D eigenvalue weighted by molar-refractivity contribution is 0.510. The number of unbranched alkanes of at least 4 members (excludes halogenated alkanes) is 1. The highest BCUT2D eigenvalue weighted by atomic mass is 19.2. The highest BCUT2D eigenvalue weighted by Crippen LogP contribution is 2.25. The van der Waals surface area contributed by atoms with Crippen molar-refractivity contribution in [2.24, 2.45) is 5.73 Å². The highest BCUT2D eigenvalue weighted by Gasteiger charge is 2.16. The summed E-state index contributed by atoms with van der Waals surface area (Å²) in [5, 5.41) is 0. The summed E-state index contributed by atoms with van der Waals surface area (Å²) in [4.78, 5) is 8.71. The Balaban J connectivity index is 2.15. The van der Waals surface area contributed by atoms with Gasteiger partial charge in [0.2, 0.25) is 0 Å². The van der Waals surface area contributed by atoms with E-state index in [9.17, 15) is 8.78 Å². The number of hydrogen-bond acceptors (Lipinski definition) is 3. The van der Waals surface area contributed by atoms with E-state index in [2.05, 4.69) is 9.97 Å². The molecule has 0 aliphatic rings. The normalized spacial score (nSPS) is 11.2. The molecule has 0 fully saturated rings. The van der Waals surface area contributed by atoms with Crippen LogP contribution in [0.2, 0.25) is 0 Å². The van der Waals surface area contributed by atoms with Gasteiger partial charge in [0.05, 0.1) is 11.0 Å². The van der Waals surface area contributed by atoms with Crippen LogP contribution in [-0.2, 0) is 6.54 Å². The molecular weight excluding hydrogens is 286 g/mol. The van der Waals surface area contributed by atoms with Crippen LogP contribution in [-0.4, -0.2) is 21.1 Å². The van der Waals surface area contributed by atoms with Gasteiger partial charge in [0.15, 0.2) is 17.5 Å². The van der Waals surface area contributed by atoms with Gasteiger partial charge in [-0.25, -0.2) is 13.8 Å². The lowest BCUT2D eigenvalue weighted by atomic mass is 10.2. The van der Waals surface area contributed by atoms with Gasteiger partial charge in [0.25, 0.3) is 0 Å². The van der Waals surface area contributed by atoms with E-state index in [0.717, 1.165) is 18.9 Å². The number of halogens is 2. The van der Waals surface area contributed by atoms with Crippen molar-refractivity contribution in [1.29, 1.82) is 0 Å². The minimum atomic E-state index is -0.897. The number of imidazole rings is 1. The van der Waals surface area contributed by atoms with Crippen molar-refractivity contribution in [3.8, 4) is 11.5 Å². The summed E-state index contributed by atoms with van der Waals surface area (Å²) in [5.41, 5.74) is 7.19. The maximum atomic E-state index is 13.6. The number of benzene rings is 1. The van der Waals surface area contributed by atoms with Gasteiger partial charge in [-0.2, -0.15) is 0 Å². The lowest BCUT2D eigenvalue weighted by Gasteiger charge is -2.08. The first-order chi connectivity index (χ1) is 10.7. The number of hydrogen-bond donors (Lipinski definition) is 1. The molecule has 0 aliphatic heterocycles. The smallest absolute Gasteiger partial charge is 0.161 e. The van der Waals surface area contributed by atoms with Crippen LogP contribution in [0.3, 0.4) is 0 Å². The third-order valence-electron chi connectivity index (χ3n) is 3.52. The number of nitrogens with two attached hydrogens (primary N) is 1. The maximum Gasteiger partial charge on any atom is 0.161 e. The number of aromatic nitrogens is 3. The molecule has 2 N–H and O–H groups in total. The first-order valence-corrected chi connectivity index (χ1v) is 7.17. The van der Waals surface area contributed by atoms with Crippen molar-refractivity contribution in [3.63, 3.8) is 0 Å².